The Morgan fingerprint density at radius 3 is 2.39 bits per heavy atom. The molecule has 2 aromatic carbocycles. The third-order valence-corrected chi connectivity index (χ3v) is 3.47. The van der Waals surface area contributed by atoms with Crippen LogP contribution in [-0.4, -0.2) is 5.91 Å². The van der Waals surface area contributed by atoms with Gasteiger partial charge < -0.3 is 5.32 Å². The van der Waals surface area contributed by atoms with Crippen LogP contribution in [-0.2, 0) is 11.0 Å². The van der Waals surface area contributed by atoms with E-state index < -0.39 is 40.4 Å². The number of nitrogens with one attached hydrogen (secondary N) is 1. The van der Waals surface area contributed by atoms with Gasteiger partial charge in [0.05, 0.1) is 5.56 Å². The lowest BCUT2D eigenvalue weighted by Crippen LogP contribution is -2.11. The summed E-state index contributed by atoms with van der Waals surface area (Å²) in [5, 5.41) is 2.27. The molecule has 1 N–H and O–H groups in total. The fourth-order valence-corrected chi connectivity index (χ4v) is 2.62. The highest BCUT2D eigenvalue weighted by Crippen LogP contribution is 2.42. The number of amides is 1. The Balaban J connectivity index is 2.74. The Hall–Kier alpha value is -1.96. The van der Waals surface area contributed by atoms with E-state index in [0.717, 1.165) is 12.1 Å². The molecule has 121 valence electrons. The van der Waals surface area contributed by atoms with E-state index in [-0.39, 0.29) is 10.2 Å². The number of hydrogen-bond acceptors (Lipinski definition) is 1. The SMILES string of the molecule is CC(=O)Nc1[c]cc(C(F)(F)F)c(-c2c(F)cc(F)cc2Br)c1. The average molecular weight is 393 g/mol. The molecular formula is C15H8BrF5NO. The molecule has 2 nitrogen and oxygen atoms in total. The highest BCUT2D eigenvalue weighted by molar-refractivity contribution is 9.10. The molecule has 0 atom stereocenters. The Kier molecular flexibility index (Phi) is 4.74. The van der Waals surface area contributed by atoms with E-state index in [9.17, 15) is 26.7 Å². The third-order valence-electron chi connectivity index (χ3n) is 2.84. The van der Waals surface area contributed by atoms with Crippen molar-refractivity contribution in [3.05, 3.63) is 52.0 Å². The van der Waals surface area contributed by atoms with Crippen molar-refractivity contribution < 1.29 is 26.7 Å². The highest BCUT2D eigenvalue weighted by Gasteiger charge is 2.35. The lowest BCUT2D eigenvalue weighted by Gasteiger charge is -2.16. The molecule has 2 rings (SSSR count). The number of anilines is 1. The summed E-state index contributed by atoms with van der Waals surface area (Å²) >= 11 is 2.87. The standard InChI is InChI=1S/C15H8BrF5NO/c1-7(23)22-9-2-3-11(15(19,20)21)10(6-9)14-12(16)4-8(17)5-13(14)18/h3-6H,1H3,(H,22,23). The third kappa shape index (κ3) is 3.87. The molecule has 0 bridgehead atoms. The Labute approximate surface area is 136 Å². The number of halogens is 6. The summed E-state index contributed by atoms with van der Waals surface area (Å²) in [6, 6.07) is 5.15. The lowest BCUT2D eigenvalue weighted by atomic mass is 9.98. The molecule has 0 saturated carbocycles. The first-order chi connectivity index (χ1) is 10.6. The van der Waals surface area contributed by atoms with E-state index in [2.05, 4.69) is 27.3 Å². The van der Waals surface area contributed by atoms with Crippen LogP contribution >= 0.6 is 15.9 Å². The van der Waals surface area contributed by atoms with Gasteiger partial charge in [-0.3, -0.25) is 4.79 Å². The van der Waals surface area contributed by atoms with Crippen molar-refractivity contribution in [2.24, 2.45) is 0 Å². The van der Waals surface area contributed by atoms with Crippen LogP contribution in [0.2, 0.25) is 0 Å². The lowest BCUT2D eigenvalue weighted by molar-refractivity contribution is -0.137. The summed E-state index contributed by atoms with van der Waals surface area (Å²) in [5.41, 5.74) is -2.21. The molecule has 0 aliphatic carbocycles. The Bertz CT molecular complexity index is 750. The van der Waals surface area contributed by atoms with Gasteiger partial charge in [0.2, 0.25) is 5.91 Å². The van der Waals surface area contributed by atoms with Gasteiger partial charge in [0, 0.05) is 40.3 Å². The molecule has 1 amide bonds. The Morgan fingerprint density at radius 2 is 1.87 bits per heavy atom. The number of rotatable bonds is 2. The molecule has 0 unspecified atom stereocenters. The molecule has 2 aromatic rings. The Morgan fingerprint density at radius 1 is 1.22 bits per heavy atom. The van der Waals surface area contributed by atoms with Crippen LogP contribution < -0.4 is 5.32 Å². The average Bonchev–Trinajstić information content (AvgIpc) is 2.35. The molecule has 8 heteroatoms. The van der Waals surface area contributed by atoms with E-state index in [0.29, 0.717) is 12.1 Å². The predicted octanol–water partition coefficient (Wildman–Crippen LogP) is 5.17. The molecule has 0 heterocycles. The van der Waals surface area contributed by atoms with Crippen molar-refractivity contribution in [1.29, 1.82) is 0 Å². The van der Waals surface area contributed by atoms with Crippen molar-refractivity contribution in [3.8, 4) is 11.1 Å². The van der Waals surface area contributed by atoms with Crippen molar-refractivity contribution in [2.75, 3.05) is 5.32 Å². The van der Waals surface area contributed by atoms with Crippen molar-refractivity contribution >= 4 is 27.5 Å². The van der Waals surface area contributed by atoms with E-state index in [1.54, 1.807) is 0 Å². The van der Waals surface area contributed by atoms with Gasteiger partial charge in [0.15, 0.2) is 0 Å². The zero-order chi connectivity index (χ0) is 17.4. The first-order valence-electron chi connectivity index (χ1n) is 6.15. The molecule has 0 spiro atoms. The molecule has 0 saturated heterocycles. The van der Waals surface area contributed by atoms with Gasteiger partial charge in [-0.05, 0) is 34.1 Å². The maximum absolute atomic E-state index is 14.0. The minimum Gasteiger partial charge on any atom is -0.326 e. The summed E-state index contributed by atoms with van der Waals surface area (Å²) < 4.78 is 66.5. The molecule has 0 aromatic heterocycles. The number of benzene rings is 2. The van der Waals surface area contributed by atoms with Gasteiger partial charge in [-0.25, -0.2) is 8.78 Å². The fraction of sp³-hybridized carbons (Fsp3) is 0.133. The second kappa shape index (κ2) is 6.27. The van der Waals surface area contributed by atoms with Gasteiger partial charge in [0.25, 0.3) is 0 Å². The van der Waals surface area contributed by atoms with Crippen molar-refractivity contribution in [3.63, 3.8) is 0 Å². The second-order valence-electron chi connectivity index (χ2n) is 4.60. The maximum atomic E-state index is 14.0. The van der Waals surface area contributed by atoms with E-state index in [1.165, 1.54) is 6.92 Å². The number of carbonyl (C=O) groups is 1. The van der Waals surface area contributed by atoms with Crippen LogP contribution in [0.3, 0.4) is 0 Å². The maximum Gasteiger partial charge on any atom is 0.417 e. The molecule has 0 fully saturated rings. The van der Waals surface area contributed by atoms with Gasteiger partial charge >= 0.3 is 6.18 Å². The molecular weight excluding hydrogens is 385 g/mol. The topological polar surface area (TPSA) is 29.1 Å². The van der Waals surface area contributed by atoms with Gasteiger partial charge in [-0.1, -0.05) is 0 Å². The minimum atomic E-state index is -4.78. The minimum absolute atomic E-state index is 0.0591. The van der Waals surface area contributed by atoms with E-state index >= 15 is 0 Å². The molecule has 23 heavy (non-hydrogen) atoms. The van der Waals surface area contributed by atoms with Crippen LogP contribution in [0.4, 0.5) is 27.6 Å². The molecule has 0 aliphatic rings. The van der Waals surface area contributed by atoms with Crippen LogP contribution in [0.5, 0.6) is 0 Å². The number of hydrogen-bond donors (Lipinski definition) is 1. The molecule has 1 radical (unpaired) electrons. The normalized spacial score (nSPS) is 11.4. The summed E-state index contributed by atoms with van der Waals surface area (Å²) in [5.74, 6) is -2.62. The van der Waals surface area contributed by atoms with Crippen molar-refractivity contribution in [1.82, 2.24) is 0 Å². The van der Waals surface area contributed by atoms with Crippen molar-refractivity contribution in [2.45, 2.75) is 13.1 Å². The first-order valence-corrected chi connectivity index (χ1v) is 6.94. The van der Waals surface area contributed by atoms with E-state index in [4.69, 9.17) is 0 Å². The van der Waals surface area contributed by atoms with E-state index in [1.807, 2.05) is 0 Å². The van der Waals surface area contributed by atoms with Crippen LogP contribution in [0.1, 0.15) is 12.5 Å². The quantitative estimate of drug-likeness (QED) is 0.701. The fourth-order valence-electron chi connectivity index (χ4n) is 1.99. The number of alkyl halides is 3. The van der Waals surface area contributed by atoms with Gasteiger partial charge in [-0.15, -0.1) is 0 Å². The van der Waals surface area contributed by atoms with Crippen LogP contribution in [0, 0.1) is 17.7 Å². The number of carbonyl (C=O) groups excluding carboxylic acids is 1. The second-order valence-corrected chi connectivity index (χ2v) is 5.45. The zero-order valence-corrected chi connectivity index (χ0v) is 13.1. The predicted molar refractivity (Wildman–Crippen MR) is 77.6 cm³/mol. The van der Waals surface area contributed by atoms with Crippen LogP contribution in [0.25, 0.3) is 11.1 Å². The summed E-state index contributed by atoms with van der Waals surface area (Å²) in [6.45, 7) is 1.17. The summed E-state index contributed by atoms with van der Waals surface area (Å²) in [7, 11) is 0. The first kappa shape index (κ1) is 17.4. The molecule has 0 aliphatic heterocycles. The van der Waals surface area contributed by atoms with Crippen LogP contribution in [0.15, 0.2) is 28.7 Å². The highest BCUT2D eigenvalue weighted by atomic mass is 79.9. The van der Waals surface area contributed by atoms with Gasteiger partial charge in [0.1, 0.15) is 11.6 Å². The van der Waals surface area contributed by atoms with Gasteiger partial charge in [-0.2, -0.15) is 13.2 Å². The smallest absolute Gasteiger partial charge is 0.326 e. The monoisotopic (exact) mass is 392 g/mol. The summed E-state index contributed by atoms with van der Waals surface area (Å²) in [4.78, 5) is 11.0. The zero-order valence-electron chi connectivity index (χ0n) is 11.5. The summed E-state index contributed by atoms with van der Waals surface area (Å²) in [6.07, 6.45) is -4.78. The largest absolute Gasteiger partial charge is 0.417 e.